The lowest BCUT2D eigenvalue weighted by Crippen LogP contribution is -2.22. The van der Waals surface area contributed by atoms with E-state index < -0.39 is 0 Å². The van der Waals surface area contributed by atoms with Gasteiger partial charge in [0, 0.05) is 11.1 Å². The van der Waals surface area contributed by atoms with E-state index in [1.807, 2.05) is 69.4 Å². The van der Waals surface area contributed by atoms with Crippen molar-refractivity contribution in [3.05, 3.63) is 60.8 Å². The first-order valence-electron chi connectivity index (χ1n) is 7.40. The van der Waals surface area contributed by atoms with Crippen molar-refractivity contribution < 1.29 is 4.74 Å². The summed E-state index contributed by atoms with van der Waals surface area (Å²) >= 11 is 0. The summed E-state index contributed by atoms with van der Waals surface area (Å²) in [6.07, 6.45) is 1.85. The van der Waals surface area contributed by atoms with Crippen molar-refractivity contribution in [2.75, 3.05) is 5.32 Å². The van der Waals surface area contributed by atoms with Gasteiger partial charge >= 0.3 is 0 Å². The van der Waals surface area contributed by atoms with Gasteiger partial charge in [0.15, 0.2) is 0 Å². The Balaban J connectivity index is 1.77. The van der Waals surface area contributed by atoms with Crippen LogP contribution in [0.4, 0.5) is 11.4 Å². The number of para-hydroxylation sites is 1. The molecular formula is C19H20N2O. The summed E-state index contributed by atoms with van der Waals surface area (Å²) in [5.41, 5.74) is 2.81. The molecule has 0 aliphatic rings. The highest BCUT2D eigenvalue weighted by Crippen LogP contribution is 2.24. The second kappa shape index (κ2) is 5.68. The van der Waals surface area contributed by atoms with E-state index in [1.54, 1.807) is 0 Å². The molecule has 112 valence electrons. The average Bonchev–Trinajstić information content (AvgIpc) is 2.48. The molecule has 22 heavy (non-hydrogen) atoms. The zero-order valence-electron chi connectivity index (χ0n) is 13.1. The highest BCUT2D eigenvalue weighted by atomic mass is 16.5. The van der Waals surface area contributed by atoms with Crippen molar-refractivity contribution in [3.63, 3.8) is 0 Å². The van der Waals surface area contributed by atoms with Gasteiger partial charge in [-0.05, 0) is 57.2 Å². The Morgan fingerprint density at radius 1 is 0.909 bits per heavy atom. The Hall–Kier alpha value is -2.55. The van der Waals surface area contributed by atoms with Gasteiger partial charge in [0.05, 0.1) is 17.4 Å². The van der Waals surface area contributed by atoms with Crippen molar-refractivity contribution in [1.29, 1.82) is 0 Å². The summed E-state index contributed by atoms with van der Waals surface area (Å²) in [6, 6.07) is 18.2. The smallest absolute Gasteiger partial charge is 0.120 e. The van der Waals surface area contributed by atoms with E-state index in [2.05, 4.69) is 22.4 Å². The minimum absolute atomic E-state index is 0.183. The third-order valence-electron chi connectivity index (χ3n) is 3.16. The number of fused-ring (bicyclic) bond motifs is 1. The van der Waals surface area contributed by atoms with Gasteiger partial charge < -0.3 is 10.1 Å². The maximum atomic E-state index is 5.82. The molecule has 0 saturated heterocycles. The molecule has 2 aromatic carbocycles. The third-order valence-corrected chi connectivity index (χ3v) is 3.16. The van der Waals surface area contributed by atoms with Gasteiger partial charge in [0.1, 0.15) is 11.4 Å². The van der Waals surface area contributed by atoms with Gasteiger partial charge in [-0.3, -0.25) is 4.98 Å². The number of hydrogen-bond acceptors (Lipinski definition) is 3. The number of anilines is 2. The van der Waals surface area contributed by atoms with E-state index in [4.69, 9.17) is 4.74 Å². The Labute approximate surface area is 131 Å². The predicted octanol–water partition coefficient (Wildman–Crippen LogP) is 5.16. The molecule has 1 aromatic heterocycles. The third kappa shape index (κ3) is 3.55. The summed E-state index contributed by atoms with van der Waals surface area (Å²) in [5.74, 6) is 0.870. The molecule has 0 aliphatic carbocycles. The van der Waals surface area contributed by atoms with Gasteiger partial charge in [0.2, 0.25) is 0 Å². The molecule has 0 bridgehead atoms. The quantitative estimate of drug-likeness (QED) is 0.724. The van der Waals surface area contributed by atoms with E-state index >= 15 is 0 Å². The lowest BCUT2D eigenvalue weighted by molar-refractivity contribution is 0.131. The van der Waals surface area contributed by atoms with Crippen LogP contribution >= 0.6 is 0 Å². The SMILES string of the molecule is CC(C)(C)Oc1ccc(Nc2cnc3ccccc3c2)cc1. The van der Waals surface area contributed by atoms with Crippen molar-refractivity contribution in [1.82, 2.24) is 4.98 Å². The first-order valence-corrected chi connectivity index (χ1v) is 7.40. The molecule has 3 rings (SSSR count). The summed E-state index contributed by atoms with van der Waals surface area (Å²) in [7, 11) is 0. The Bertz CT molecular complexity index is 773. The number of hydrogen-bond donors (Lipinski definition) is 1. The number of aromatic nitrogens is 1. The molecular weight excluding hydrogens is 272 g/mol. The summed E-state index contributed by atoms with van der Waals surface area (Å²) in [4.78, 5) is 4.46. The normalized spacial score (nSPS) is 11.4. The van der Waals surface area contributed by atoms with E-state index in [0.717, 1.165) is 28.0 Å². The van der Waals surface area contributed by atoms with Crippen LogP contribution in [0.1, 0.15) is 20.8 Å². The minimum atomic E-state index is -0.183. The molecule has 0 amide bonds. The zero-order valence-corrected chi connectivity index (χ0v) is 13.1. The van der Waals surface area contributed by atoms with Crippen LogP contribution in [0.25, 0.3) is 10.9 Å². The van der Waals surface area contributed by atoms with Crippen molar-refractivity contribution >= 4 is 22.3 Å². The fourth-order valence-electron chi connectivity index (χ4n) is 2.27. The maximum absolute atomic E-state index is 5.82. The minimum Gasteiger partial charge on any atom is -0.488 e. The van der Waals surface area contributed by atoms with Crippen LogP contribution in [0.15, 0.2) is 60.8 Å². The summed E-state index contributed by atoms with van der Waals surface area (Å²) in [6.45, 7) is 6.12. The number of rotatable bonds is 3. The van der Waals surface area contributed by atoms with E-state index in [1.165, 1.54) is 0 Å². The molecule has 3 heteroatoms. The van der Waals surface area contributed by atoms with Crippen LogP contribution < -0.4 is 10.1 Å². The van der Waals surface area contributed by atoms with Gasteiger partial charge in [-0.15, -0.1) is 0 Å². The standard InChI is InChI=1S/C19H20N2O/c1-19(2,3)22-17-10-8-15(9-11-17)21-16-12-14-6-4-5-7-18(14)20-13-16/h4-13,21H,1-3H3. The molecule has 1 N–H and O–H groups in total. The van der Waals surface area contributed by atoms with E-state index in [0.29, 0.717) is 0 Å². The van der Waals surface area contributed by atoms with Crippen molar-refractivity contribution in [2.45, 2.75) is 26.4 Å². The number of nitrogens with one attached hydrogen (secondary N) is 1. The van der Waals surface area contributed by atoms with Crippen LogP contribution in [0.5, 0.6) is 5.75 Å². The van der Waals surface area contributed by atoms with E-state index in [9.17, 15) is 0 Å². The zero-order chi connectivity index (χ0) is 15.6. The van der Waals surface area contributed by atoms with Crippen LogP contribution in [-0.4, -0.2) is 10.6 Å². The van der Waals surface area contributed by atoms with Crippen molar-refractivity contribution in [3.8, 4) is 5.75 Å². The molecule has 3 aromatic rings. The number of pyridine rings is 1. The first-order chi connectivity index (χ1) is 10.5. The Morgan fingerprint density at radius 3 is 2.36 bits per heavy atom. The number of nitrogens with zero attached hydrogens (tertiary/aromatic N) is 1. The van der Waals surface area contributed by atoms with Gasteiger partial charge in [0.25, 0.3) is 0 Å². The summed E-state index contributed by atoms with van der Waals surface area (Å²) in [5, 5.41) is 4.49. The van der Waals surface area contributed by atoms with Gasteiger partial charge in [-0.2, -0.15) is 0 Å². The second-order valence-corrected chi connectivity index (χ2v) is 6.28. The fourth-order valence-corrected chi connectivity index (χ4v) is 2.27. The highest BCUT2D eigenvalue weighted by Gasteiger charge is 2.11. The monoisotopic (exact) mass is 292 g/mol. The molecule has 0 unspecified atom stereocenters. The number of ether oxygens (including phenoxy) is 1. The molecule has 0 radical (unpaired) electrons. The van der Waals surface area contributed by atoms with Gasteiger partial charge in [-0.25, -0.2) is 0 Å². The Kier molecular flexibility index (Phi) is 3.72. The molecule has 0 saturated carbocycles. The molecule has 3 nitrogen and oxygen atoms in total. The van der Waals surface area contributed by atoms with Crippen LogP contribution in [-0.2, 0) is 0 Å². The average molecular weight is 292 g/mol. The molecule has 0 aliphatic heterocycles. The highest BCUT2D eigenvalue weighted by molar-refractivity contribution is 5.82. The predicted molar refractivity (Wildman–Crippen MR) is 91.8 cm³/mol. The lowest BCUT2D eigenvalue weighted by atomic mass is 10.2. The first kappa shape index (κ1) is 14.4. The fraction of sp³-hybridized carbons (Fsp3) is 0.211. The van der Waals surface area contributed by atoms with Crippen LogP contribution in [0.3, 0.4) is 0 Å². The largest absolute Gasteiger partial charge is 0.488 e. The summed E-state index contributed by atoms with van der Waals surface area (Å²) < 4.78 is 5.82. The van der Waals surface area contributed by atoms with Crippen LogP contribution in [0, 0.1) is 0 Å². The lowest BCUT2D eigenvalue weighted by Gasteiger charge is -2.21. The topological polar surface area (TPSA) is 34.1 Å². The molecule has 0 atom stereocenters. The molecule has 1 heterocycles. The maximum Gasteiger partial charge on any atom is 0.120 e. The second-order valence-electron chi connectivity index (χ2n) is 6.28. The number of benzene rings is 2. The van der Waals surface area contributed by atoms with Crippen LogP contribution in [0.2, 0.25) is 0 Å². The van der Waals surface area contributed by atoms with E-state index in [-0.39, 0.29) is 5.60 Å². The molecule has 0 spiro atoms. The Morgan fingerprint density at radius 2 is 1.64 bits per heavy atom. The molecule has 0 fully saturated rings. The van der Waals surface area contributed by atoms with Crippen molar-refractivity contribution in [2.24, 2.45) is 0 Å². The van der Waals surface area contributed by atoms with Gasteiger partial charge in [-0.1, -0.05) is 18.2 Å².